The van der Waals surface area contributed by atoms with Crippen molar-refractivity contribution < 1.29 is 19.1 Å². The third-order valence-corrected chi connectivity index (χ3v) is 5.88. The van der Waals surface area contributed by atoms with Crippen molar-refractivity contribution in [3.63, 3.8) is 0 Å². The first-order valence-electron chi connectivity index (χ1n) is 11.0. The summed E-state index contributed by atoms with van der Waals surface area (Å²) in [5.74, 6) is -0.962. The summed E-state index contributed by atoms with van der Waals surface area (Å²) in [6, 6.07) is 3.85. The van der Waals surface area contributed by atoms with Gasteiger partial charge in [-0.25, -0.2) is 9.78 Å². The first kappa shape index (κ1) is 22.2. The van der Waals surface area contributed by atoms with Crippen LogP contribution in [0.1, 0.15) is 45.1 Å². The van der Waals surface area contributed by atoms with E-state index in [4.69, 9.17) is 15.2 Å². The molecule has 170 valence electrons. The molecule has 1 atom stereocenters. The van der Waals surface area contributed by atoms with E-state index in [-0.39, 0.29) is 24.4 Å². The van der Waals surface area contributed by atoms with Crippen molar-refractivity contribution in [2.45, 2.75) is 39.5 Å². The Hall–Kier alpha value is -2.97. The van der Waals surface area contributed by atoms with Gasteiger partial charge in [-0.05, 0) is 36.5 Å². The fourth-order valence-electron chi connectivity index (χ4n) is 4.61. The lowest BCUT2D eigenvalue weighted by molar-refractivity contribution is -0.139. The molecule has 8 heteroatoms. The minimum absolute atomic E-state index is 0.0423. The average molecular weight is 439 g/mol. The second-order valence-electron chi connectivity index (χ2n) is 9.00. The first-order chi connectivity index (χ1) is 15.3. The number of carbonyl (C=O) groups is 2. The van der Waals surface area contributed by atoms with Crippen LogP contribution < -0.4 is 11.1 Å². The van der Waals surface area contributed by atoms with Gasteiger partial charge >= 0.3 is 5.97 Å². The van der Waals surface area contributed by atoms with Gasteiger partial charge in [-0.1, -0.05) is 13.8 Å². The third kappa shape index (κ3) is 4.20. The first-order valence-corrected chi connectivity index (χ1v) is 11.0. The smallest absolute Gasteiger partial charge is 0.336 e. The summed E-state index contributed by atoms with van der Waals surface area (Å²) < 4.78 is 13.0. The van der Waals surface area contributed by atoms with Gasteiger partial charge in [-0.3, -0.25) is 4.79 Å². The van der Waals surface area contributed by atoms with Crippen molar-refractivity contribution in [3.8, 4) is 0 Å². The summed E-state index contributed by atoms with van der Waals surface area (Å²) >= 11 is 0. The van der Waals surface area contributed by atoms with Crippen molar-refractivity contribution >= 4 is 17.4 Å². The van der Waals surface area contributed by atoms with Crippen LogP contribution in [0.15, 0.2) is 53.3 Å². The molecule has 32 heavy (non-hydrogen) atoms. The highest BCUT2D eigenvalue weighted by Crippen LogP contribution is 2.47. The minimum Gasteiger partial charge on any atom is -0.463 e. The van der Waals surface area contributed by atoms with Crippen molar-refractivity contribution in [3.05, 3.63) is 58.8 Å². The molecule has 0 saturated heterocycles. The van der Waals surface area contributed by atoms with Crippen LogP contribution in [0.3, 0.4) is 0 Å². The molecule has 0 spiro atoms. The third-order valence-electron chi connectivity index (χ3n) is 5.88. The zero-order valence-electron chi connectivity index (χ0n) is 18.8. The molecule has 2 aromatic heterocycles. The van der Waals surface area contributed by atoms with Gasteiger partial charge in [-0.15, -0.1) is 0 Å². The molecule has 8 nitrogen and oxygen atoms in total. The highest BCUT2D eigenvalue weighted by atomic mass is 16.5. The lowest BCUT2D eigenvalue weighted by atomic mass is 9.68. The molecule has 0 radical (unpaired) electrons. The molecule has 3 heterocycles. The Morgan fingerprint density at radius 3 is 2.91 bits per heavy atom. The number of pyridine rings is 1. The van der Waals surface area contributed by atoms with Crippen LogP contribution in [0.5, 0.6) is 0 Å². The number of aromatic nitrogens is 2. The van der Waals surface area contributed by atoms with Crippen LogP contribution in [0.2, 0.25) is 0 Å². The molecule has 2 aromatic rings. The van der Waals surface area contributed by atoms with E-state index in [2.05, 4.69) is 24.1 Å². The van der Waals surface area contributed by atoms with Gasteiger partial charge < -0.3 is 24.9 Å². The fourth-order valence-corrected chi connectivity index (χ4v) is 4.61. The molecule has 2 aliphatic rings. The fraction of sp³-hybridized carbons (Fsp3) is 0.458. The number of nitrogens with one attached hydrogen (secondary N) is 1. The van der Waals surface area contributed by atoms with Crippen LogP contribution in [0, 0.1) is 5.41 Å². The van der Waals surface area contributed by atoms with Gasteiger partial charge in [0, 0.05) is 48.7 Å². The van der Waals surface area contributed by atoms with E-state index < -0.39 is 11.9 Å². The normalized spacial score (nSPS) is 20.4. The number of nitrogens with zero attached hydrogens (tertiary/aromatic N) is 2. The van der Waals surface area contributed by atoms with E-state index in [1.54, 1.807) is 13.1 Å². The predicted octanol–water partition coefficient (Wildman–Crippen LogP) is 2.46. The van der Waals surface area contributed by atoms with Crippen molar-refractivity contribution in [1.82, 2.24) is 14.7 Å². The Bertz CT molecular complexity index is 1110. The van der Waals surface area contributed by atoms with Gasteiger partial charge in [0.1, 0.15) is 5.65 Å². The van der Waals surface area contributed by atoms with E-state index in [9.17, 15) is 9.59 Å². The maximum Gasteiger partial charge on any atom is 0.336 e. The molecule has 0 bridgehead atoms. The molecular formula is C24H30N4O4. The molecule has 0 saturated carbocycles. The zero-order chi connectivity index (χ0) is 22.9. The number of esters is 1. The van der Waals surface area contributed by atoms with E-state index in [1.165, 1.54) is 0 Å². The van der Waals surface area contributed by atoms with Gasteiger partial charge in [0.05, 0.1) is 31.1 Å². The van der Waals surface area contributed by atoms with E-state index in [0.717, 1.165) is 16.9 Å². The Labute approximate surface area is 187 Å². The standard InChI is InChI=1S/C24H30N4O4/c1-4-32-23(30)22-17(14-31-10-6-25)27-16-12-24(2,3)13-18(29)21(16)20(22)15-5-8-28-9-7-26-19(28)11-15/h5,7-9,11,20,27H,4,6,10,12-14,25H2,1-3H3. The summed E-state index contributed by atoms with van der Waals surface area (Å²) in [5.41, 5.74) is 9.49. The molecule has 0 aromatic carbocycles. The summed E-state index contributed by atoms with van der Waals surface area (Å²) in [6.07, 6.45) is 6.59. The Morgan fingerprint density at radius 1 is 1.34 bits per heavy atom. The van der Waals surface area contributed by atoms with Crippen molar-refractivity contribution in [2.24, 2.45) is 11.1 Å². The van der Waals surface area contributed by atoms with Gasteiger partial charge in [-0.2, -0.15) is 0 Å². The largest absolute Gasteiger partial charge is 0.463 e. The monoisotopic (exact) mass is 438 g/mol. The predicted molar refractivity (Wildman–Crippen MR) is 120 cm³/mol. The maximum absolute atomic E-state index is 13.4. The molecule has 1 unspecified atom stereocenters. The van der Waals surface area contributed by atoms with Gasteiger partial charge in [0.15, 0.2) is 5.78 Å². The topological polar surface area (TPSA) is 108 Å². The zero-order valence-corrected chi connectivity index (χ0v) is 18.8. The molecule has 1 aliphatic heterocycles. The molecule has 4 rings (SSSR count). The number of ether oxygens (including phenoxy) is 2. The number of hydrogen-bond acceptors (Lipinski definition) is 7. The van der Waals surface area contributed by atoms with E-state index >= 15 is 0 Å². The van der Waals surface area contributed by atoms with Crippen LogP contribution >= 0.6 is 0 Å². The molecule has 1 aliphatic carbocycles. The average Bonchev–Trinajstić information content (AvgIpc) is 3.20. The summed E-state index contributed by atoms with van der Waals surface area (Å²) in [6.45, 7) is 7.08. The number of Topliss-reactive ketones (excluding diaryl/α,β-unsaturated/α-hetero) is 1. The molecule has 0 fully saturated rings. The van der Waals surface area contributed by atoms with E-state index in [1.807, 2.05) is 28.9 Å². The summed E-state index contributed by atoms with van der Waals surface area (Å²) in [4.78, 5) is 31.0. The van der Waals surface area contributed by atoms with Crippen LogP contribution in [0.4, 0.5) is 0 Å². The van der Waals surface area contributed by atoms with Crippen LogP contribution in [-0.4, -0.2) is 47.5 Å². The van der Waals surface area contributed by atoms with Gasteiger partial charge in [0.2, 0.25) is 0 Å². The Morgan fingerprint density at radius 2 is 2.16 bits per heavy atom. The van der Waals surface area contributed by atoms with Crippen LogP contribution in [0.25, 0.3) is 5.65 Å². The second-order valence-corrected chi connectivity index (χ2v) is 9.00. The number of ketones is 1. The number of nitrogens with two attached hydrogens (primary N) is 1. The second kappa shape index (κ2) is 8.88. The number of imidazole rings is 1. The number of dihydropyridines is 1. The molecular weight excluding hydrogens is 408 g/mol. The lowest BCUT2D eigenvalue weighted by Gasteiger charge is -2.40. The minimum atomic E-state index is -0.549. The number of fused-ring (bicyclic) bond motifs is 1. The molecule has 0 amide bonds. The van der Waals surface area contributed by atoms with Crippen LogP contribution in [-0.2, 0) is 19.1 Å². The Balaban J connectivity index is 1.89. The number of hydrogen-bond donors (Lipinski definition) is 2. The number of allylic oxidation sites excluding steroid dienone is 2. The Kier molecular flexibility index (Phi) is 6.17. The highest BCUT2D eigenvalue weighted by molar-refractivity contribution is 6.04. The number of rotatable bonds is 7. The maximum atomic E-state index is 13.4. The summed E-state index contributed by atoms with van der Waals surface area (Å²) in [5, 5.41) is 3.37. The number of carbonyl (C=O) groups excluding carboxylic acids is 2. The van der Waals surface area contributed by atoms with Crippen molar-refractivity contribution in [2.75, 3.05) is 26.4 Å². The SMILES string of the molecule is CCOC(=O)C1=C(COCCN)NC2=C(C(=O)CC(C)(C)C2)C1c1ccn2ccnc2c1. The quantitative estimate of drug-likeness (QED) is 0.505. The highest BCUT2D eigenvalue weighted by Gasteiger charge is 2.43. The molecule has 3 N–H and O–H groups in total. The van der Waals surface area contributed by atoms with Crippen molar-refractivity contribution in [1.29, 1.82) is 0 Å². The lowest BCUT2D eigenvalue weighted by Crippen LogP contribution is -2.40. The summed E-state index contributed by atoms with van der Waals surface area (Å²) in [7, 11) is 0. The van der Waals surface area contributed by atoms with E-state index in [0.29, 0.717) is 42.8 Å². The van der Waals surface area contributed by atoms with Gasteiger partial charge in [0.25, 0.3) is 0 Å².